The standard InChI is InChI=1S/C12H11N5/c1-8-2-3-9(7-13)6-10(8)16-12-15-5-4-11(14)17-12/h2-6H,1H3,(H3,14,15,16,17). The van der Waals surface area contributed by atoms with E-state index >= 15 is 0 Å². The van der Waals surface area contributed by atoms with E-state index in [1.807, 2.05) is 13.0 Å². The van der Waals surface area contributed by atoms with Gasteiger partial charge in [-0.15, -0.1) is 0 Å². The third kappa shape index (κ3) is 2.49. The Hall–Kier alpha value is -2.61. The van der Waals surface area contributed by atoms with Gasteiger partial charge in [-0.2, -0.15) is 10.2 Å². The number of nitrogens with one attached hydrogen (secondary N) is 1. The summed E-state index contributed by atoms with van der Waals surface area (Å²) in [5.74, 6) is 0.819. The molecule has 0 aliphatic carbocycles. The van der Waals surface area contributed by atoms with Gasteiger partial charge in [0.15, 0.2) is 0 Å². The normalized spacial score (nSPS) is 9.65. The molecular weight excluding hydrogens is 214 g/mol. The number of rotatable bonds is 2. The topological polar surface area (TPSA) is 87.6 Å². The van der Waals surface area contributed by atoms with Crippen molar-refractivity contribution in [3.8, 4) is 6.07 Å². The molecule has 0 radical (unpaired) electrons. The van der Waals surface area contributed by atoms with Crippen LogP contribution in [0, 0.1) is 18.3 Å². The van der Waals surface area contributed by atoms with Crippen LogP contribution in [0.4, 0.5) is 17.5 Å². The number of benzene rings is 1. The van der Waals surface area contributed by atoms with E-state index in [-0.39, 0.29) is 0 Å². The molecule has 1 heterocycles. The van der Waals surface area contributed by atoms with Crippen molar-refractivity contribution < 1.29 is 0 Å². The molecule has 2 rings (SSSR count). The number of aromatic nitrogens is 2. The summed E-state index contributed by atoms with van der Waals surface area (Å²) in [7, 11) is 0. The van der Waals surface area contributed by atoms with Crippen molar-refractivity contribution in [2.45, 2.75) is 6.92 Å². The summed E-state index contributed by atoms with van der Waals surface area (Å²) in [6.45, 7) is 1.94. The molecule has 0 fully saturated rings. The number of nitrogen functional groups attached to an aromatic ring is 1. The molecule has 1 aromatic carbocycles. The first-order valence-corrected chi connectivity index (χ1v) is 5.05. The maximum Gasteiger partial charge on any atom is 0.229 e. The third-order valence-electron chi connectivity index (χ3n) is 2.29. The van der Waals surface area contributed by atoms with Crippen LogP contribution in [0.1, 0.15) is 11.1 Å². The molecule has 0 aliphatic rings. The molecular formula is C12H11N5. The maximum atomic E-state index is 8.83. The van der Waals surface area contributed by atoms with Crippen molar-refractivity contribution in [3.05, 3.63) is 41.6 Å². The Labute approximate surface area is 98.9 Å². The van der Waals surface area contributed by atoms with Gasteiger partial charge in [-0.1, -0.05) is 6.07 Å². The molecule has 0 amide bonds. The molecule has 17 heavy (non-hydrogen) atoms. The monoisotopic (exact) mass is 225 g/mol. The van der Waals surface area contributed by atoms with Gasteiger partial charge in [0.25, 0.3) is 0 Å². The van der Waals surface area contributed by atoms with Crippen molar-refractivity contribution in [1.82, 2.24) is 9.97 Å². The highest BCUT2D eigenvalue weighted by Gasteiger charge is 2.02. The fourth-order valence-corrected chi connectivity index (χ4v) is 1.38. The number of nitrogens with two attached hydrogens (primary N) is 1. The molecule has 0 unspecified atom stereocenters. The fraction of sp³-hybridized carbons (Fsp3) is 0.0833. The lowest BCUT2D eigenvalue weighted by molar-refractivity contribution is 1.17. The second-order valence-corrected chi connectivity index (χ2v) is 3.57. The van der Waals surface area contributed by atoms with Crippen molar-refractivity contribution in [1.29, 1.82) is 5.26 Å². The van der Waals surface area contributed by atoms with Gasteiger partial charge in [-0.25, -0.2) is 4.98 Å². The molecule has 84 valence electrons. The van der Waals surface area contributed by atoms with Crippen LogP contribution in [0.2, 0.25) is 0 Å². The lowest BCUT2D eigenvalue weighted by atomic mass is 10.1. The summed E-state index contributed by atoms with van der Waals surface area (Å²) in [4.78, 5) is 8.08. The highest BCUT2D eigenvalue weighted by Crippen LogP contribution is 2.19. The van der Waals surface area contributed by atoms with Crippen molar-refractivity contribution in [3.63, 3.8) is 0 Å². The van der Waals surface area contributed by atoms with Crippen LogP contribution >= 0.6 is 0 Å². The highest BCUT2D eigenvalue weighted by atomic mass is 15.1. The molecule has 5 heteroatoms. The van der Waals surface area contributed by atoms with Crippen LogP contribution < -0.4 is 11.1 Å². The van der Waals surface area contributed by atoms with Gasteiger partial charge in [0.05, 0.1) is 11.6 Å². The first-order chi connectivity index (χ1) is 8.19. The van der Waals surface area contributed by atoms with E-state index in [1.165, 1.54) is 0 Å². The zero-order valence-corrected chi connectivity index (χ0v) is 9.31. The SMILES string of the molecule is Cc1ccc(C#N)cc1Nc1nccc(N)n1. The lowest BCUT2D eigenvalue weighted by Crippen LogP contribution is -2.01. The smallest absolute Gasteiger partial charge is 0.229 e. The zero-order valence-electron chi connectivity index (χ0n) is 9.31. The molecule has 0 aliphatic heterocycles. The molecule has 0 bridgehead atoms. The molecule has 0 saturated heterocycles. The minimum absolute atomic E-state index is 0.400. The Morgan fingerprint density at radius 2 is 2.18 bits per heavy atom. The Morgan fingerprint density at radius 1 is 1.35 bits per heavy atom. The van der Waals surface area contributed by atoms with Crippen LogP contribution in [0.15, 0.2) is 30.5 Å². The first kappa shape index (κ1) is 10.9. The Bertz CT molecular complexity index is 586. The van der Waals surface area contributed by atoms with Gasteiger partial charge in [-0.05, 0) is 30.7 Å². The van der Waals surface area contributed by atoms with Crippen LogP contribution in [0.5, 0.6) is 0 Å². The van der Waals surface area contributed by atoms with Crippen molar-refractivity contribution in [2.24, 2.45) is 0 Å². The number of hydrogen-bond donors (Lipinski definition) is 2. The van der Waals surface area contributed by atoms with Gasteiger partial charge >= 0.3 is 0 Å². The van der Waals surface area contributed by atoms with E-state index in [1.54, 1.807) is 24.4 Å². The van der Waals surface area contributed by atoms with Crippen molar-refractivity contribution >= 4 is 17.5 Å². The lowest BCUT2D eigenvalue weighted by Gasteiger charge is -2.08. The van der Waals surface area contributed by atoms with Gasteiger partial charge in [-0.3, -0.25) is 0 Å². The fourth-order valence-electron chi connectivity index (χ4n) is 1.38. The molecule has 0 saturated carbocycles. The van der Waals surface area contributed by atoms with Crippen LogP contribution in [0.25, 0.3) is 0 Å². The van der Waals surface area contributed by atoms with E-state index in [0.29, 0.717) is 17.3 Å². The Kier molecular flexibility index (Phi) is 2.88. The van der Waals surface area contributed by atoms with Crippen LogP contribution in [0.3, 0.4) is 0 Å². The summed E-state index contributed by atoms with van der Waals surface area (Å²) < 4.78 is 0. The quantitative estimate of drug-likeness (QED) is 0.815. The molecule has 5 nitrogen and oxygen atoms in total. The van der Waals surface area contributed by atoms with Gasteiger partial charge in [0, 0.05) is 11.9 Å². The molecule has 0 spiro atoms. The first-order valence-electron chi connectivity index (χ1n) is 5.05. The summed E-state index contributed by atoms with van der Waals surface area (Å²) in [5.41, 5.74) is 7.96. The largest absolute Gasteiger partial charge is 0.384 e. The Morgan fingerprint density at radius 3 is 2.88 bits per heavy atom. The van der Waals surface area contributed by atoms with Gasteiger partial charge < -0.3 is 11.1 Å². The second-order valence-electron chi connectivity index (χ2n) is 3.57. The number of aryl methyl sites for hydroxylation is 1. The van der Waals surface area contributed by atoms with Crippen molar-refractivity contribution in [2.75, 3.05) is 11.1 Å². The third-order valence-corrected chi connectivity index (χ3v) is 2.29. The molecule has 3 N–H and O–H groups in total. The number of nitriles is 1. The highest BCUT2D eigenvalue weighted by molar-refractivity contribution is 5.61. The predicted molar refractivity (Wildman–Crippen MR) is 65.6 cm³/mol. The molecule has 0 atom stereocenters. The van der Waals surface area contributed by atoms with Crippen LogP contribution in [-0.4, -0.2) is 9.97 Å². The molecule has 2 aromatic rings. The van der Waals surface area contributed by atoms with E-state index < -0.39 is 0 Å². The molecule has 1 aromatic heterocycles. The van der Waals surface area contributed by atoms with Gasteiger partial charge in [0.1, 0.15) is 5.82 Å². The summed E-state index contributed by atoms with van der Waals surface area (Å²) >= 11 is 0. The van der Waals surface area contributed by atoms with E-state index in [2.05, 4.69) is 21.4 Å². The zero-order chi connectivity index (χ0) is 12.3. The number of nitrogens with zero attached hydrogens (tertiary/aromatic N) is 3. The number of hydrogen-bond acceptors (Lipinski definition) is 5. The summed E-state index contributed by atoms with van der Waals surface area (Å²) in [5, 5.41) is 11.9. The predicted octanol–water partition coefficient (Wildman–Crippen LogP) is 1.98. The minimum Gasteiger partial charge on any atom is -0.384 e. The Balaban J connectivity index is 2.33. The maximum absolute atomic E-state index is 8.83. The van der Waals surface area contributed by atoms with Gasteiger partial charge in [0.2, 0.25) is 5.95 Å². The second kappa shape index (κ2) is 4.49. The van der Waals surface area contributed by atoms with Crippen LogP contribution in [-0.2, 0) is 0 Å². The average Bonchev–Trinajstić information content (AvgIpc) is 2.32. The summed E-state index contributed by atoms with van der Waals surface area (Å²) in [6.07, 6.45) is 1.58. The van der Waals surface area contributed by atoms with E-state index in [9.17, 15) is 0 Å². The summed E-state index contributed by atoms with van der Waals surface area (Å²) in [6, 6.07) is 9.09. The number of anilines is 3. The van der Waals surface area contributed by atoms with E-state index in [0.717, 1.165) is 11.3 Å². The van der Waals surface area contributed by atoms with E-state index in [4.69, 9.17) is 11.0 Å². The average molecular weight is 225 g/mol. The minimum atomic E-state index is 0.400.